The van der Waals surface area contributed by atoms with E-state index in [2.05, 4.69) is 19.1 Å². The van der Waals surface area contributed by atoms with Crippen molar-refractivity contribution in [2.24, 2.45) is 0 Å². The molecule has 2 unspecified atom stereocenters. The predicted molar refractivity (Wildman–Crippen MR) is 74.8 cm³/mol. The number of hydrogen-bond acceptors (Lipinski definition) is 3. The van der Waals surface area contributed by atoms with E-state index in [9.17, 15) is 9.90 Å². The number of benzene rings is 1. The Morgan fingerprint density at radius 3 is 2.63 bits per heavy atom. The van der Waals surface area contributed by atoms with E-state index in [1.165, 1.54) is 5.56 Å². The van der Waals surface area contributed by atoms with Gasteiger partial charge in [-0.15, -0.1) is 0 Å². The molecule has 1 saturated heterocycles. The summed E-state index contributed by atoms with van der Waals surface area (Å²) >= 11 is 0. The van der Waals surface area contributed by atoms with Crippen molar-refractivity contribution in [3.8, 4) is 0 Å². The van der Waals surface area contributed by atoms with Crippen molar-refractivity contribution in [1.29, 1.82) is 0 Å². The minimum Gasteiger partial charge on any atom is -0.394 e. The maximum Gasteiger partial charge on any atom is 0.242 e. The highest BCUT2D eigenvalue weighted by atomic mass is 16.3. The molecule has 1 heterocycles. The number of likely N-dealkylation sites (N-methyl/N-ethyl adjacent to an activating group) is 1. The zero-order valence-corrected chi connectivity index (χ0v) is 11.6. The number of amides is 1. The average Bonchev–Trinajstić information content (AvgIpc) is 2.43. The standard InChI is InChI=1S/C15H22N2O2/c1-12-10-17(15(19)14(11-18)16(12)2)9-8-13-6-4-3-5-7-13/h3-7,12,14,18H,8-11H2,1-2H3. The second kappa shape index (κ2) is 6.17. The van der Waals surface area contributed by atoms with Crippen LogP contribution in [0, 0.1) is 0 Å². The number of rotatable bonds is 4. The number of nitrogens with zero attached hydrogens (tertiary/aromatic N) is 2. The fourth-order valence-corrected chi connectivity index (χ4v) is 2.55. The molecule has 0 spiro atoms. The molecule has 19 heavy (non-hydrogen) atoms. The van der Waals surface area contributed by atoms with Gasteiger partial charge in [0.25, 0.3) is 0 Å². The first kappa shape index (κ1) is 14.0. The molecule has 1 N–H and O–H groups in total. The van der Waals surface area contributed by atoms with Gasteiger partial charge in [0.1, 0.15) is 6.04 Å². The Balaban J connectivity index is 1.98. The number of aliphatic hydroxyl groups excluding tert-OH is 1. The van der Waals surface area contributed by atoms with Crippen LogP contribution in [0.25, 0.3) is 0 Å². The molecule has 2 rings (SSSR count). The summed E-state index contributed by atoms with van der Waals surface area (Å²) in [5.41, 5.74) is 1.24. The molecule has 1 aromatic carbocycles. The van der Waals surface area contributed by atoms with E-state index in [-0.39, 0.29) is 24.6 Å². The van der Waals surface area contributed by atoms with E-state index >= 15 is 0 Å². The number of carbonyl (C=O) groups excluding carboxylic acids is 1. The SMILES string of the molecule is CC1CN(CCc2ccccc2)C(=O)C(CO)N1C. The lowest BCUT2D eigenvalue weighted by molar-refractivity contribution is -0.145. The molecule has 0 saturated carbocycles. The van der Waals surface area contributed by atoms with E-state index in [0.717, 1.165) is 19.5 Å². The summed E-state index contributed by atoms with van der Waals surface area (Å²) in [4.78, 5) is 16.1. The molecule has 104 valence electrons. The minimum absolute atomic E-state index is 0.0408. The predicted octanol–water partition coefficient (Wildman–Crippen LogP) is 0.752. The maximum absolute atomic E-state index is 12.3. The van der Waals surface area contributed by atoms with E-state index < -0.39 is 0 Å². The zero-order chi connectivity index (χ0) is 13.8. The summed E-state index contributed by atoms with van der Waals surface area (Å²) in [6.45, 7) is 3.43. The van der Waals surface area contributed by atoms with Gasteiger partial charge >= 0.3 is 0 Å². The topological polar surface area (TPSA) is 43.8 Å². The Morgan fingerprint density at radius 1 is 1.32 bits per heavy atom. The molecule has 1 fully saturated rings. The highest BCUT2D eigenvalue weighted by molar-refractivity contribution is 5.83. The quantitative estimate of drug-likeness (QED) is 0.871. The van der Waals surface area contributed by atoms with Crippen LogP contribution < -0.4 is 0 Å². The van der Waals surface area contributed by atoms with Gasteiger partial charge in [0.15, 0.2) is 0 Å². The summed E-state index contributed by atoms with van der Waals surface area (Å²) in [5, 5.41) is 9.36. The van der Waals surface area contributed by atoms with Crippen molar-refractivity contribution in [2.75, 3.05) is 26.7 Å². The summed E-state index contributed by atoms with van der Waals surface area (Å²) < 4.78 is 0. The van der Waals surface area contributed by atoms with Crippen LogP contribution in [0.15, 0.2) is 30.3 Å². The minimum atomic E-state index is -0.389. The highest BCUT2D eigenvalue weighted by Gasteiger charge is 2.35. The summed E-state index contributed by atoms with van der Waals surface area (Å²) in [7, 11) is 1.90. The normalized spacial score (nSPS) is 24.8. The number of carbonyl (C=O) groups is 1. The van der Waals surface area contributed by atoms with Gasteiger partial charge in [-0.05, 0) is 26.0 Å². The molecular formula is C15H22N2O2. The first-order valence-electron chi connectivity index (χ1n) is 6.79. The van der Waals surface area contributed by atoms with Crippen LogP contribution >= 0.6 is 0 Å². The highest BCUT2D eigenvalue weighted by Crippen LogP contribution is 2.15. The van der Waals surface area contributed by atoms with E-state index in [1.807, 2.05) is 35.0 Å². The lowest BCUT2D eigenvalue weighted by Crippen LogP contribution is -2.61. The smallest absolute Gasteiger partial charge is 0.242 e. The zero-order valence-electron chi connectivity index (χ0n) is 11.6. The van der Waals surface area contributed by atoms with Gasteiger partial charge < -0.3 is 10.0 Å². The average molecular weight is 262 g/mol. The van der Waals surface area contributed by atoms with Gasteiger partial charge in [-0.25, -0.2) is 0 Å². The van der Waals surface area contributed by atoms with Crippen molar-refractivity contribution in [1.82, 2.24) is 9.80 Å². The second-order valence-electron chi connectivity index (χ2n) is 5.23. The molecule has 1 amide bonds. The molecular weight excluding hydrogens is 240 g/mol. The molecule has 2 atom stereocenters. The Kier molecular flexibility index (Phi) is 4.56. The lowest BCUT2D eigenvalue weighted by atomic mass is 10.1. The molecule has 4 heteroatoms. The van der Waals surface area contributed by atoms with Crippen LogP contribution in [0.3, 0.4) is 0 Å². The Bertz CT molecular complexity index is 421. The van der Waals surface area contributed by atoms with E-state index in [4.69, 9.17) is 0 Å². The van der Waals surface area contributed by atoms with Gasteiger partial charge in [-0.3, -0.25) is 9.69 Å². The Hall–Kier alpha value is -1.39. The molecule has 1 aliphatic heterocycles. The molecule has 0 bridgehead atoms. The molecule has 0 radical (unpaired) electrons. The number of aliphatic hydroxyl groups is 1. The molecule has 0 aromatic heterocycles. The van der Waals surface area contributed by atoms with Crippen LogP contribution in [0.5, 0.6) is 0 Å². The third kappa shape index (κ3) is 3.14. The van der Waals surface area contributed by atoms with Crippen LogP contribution in [0.4, 0.5) is 0 Å². The van der Waals surface area contributed by atoms with Crippen molar-refractivity contribution in [3.63, 3.8) is 0 Å². The van der Waals surface area contributed by atoms with Gasteiger partial charge in [0.2, 0.25) is 5.91 Å². The molecule has 0 aliphatic carbocycles. The Morgan fingerprint density at radius 2 is 2.00 bits per heavy atom. The van der Waals surface area contributed by atoms with Crippen molar-refractivity contribution in [2.45, 2.75) is 25.4 Å². The van der Waals surface area contributed by atoms with Crippen LogP contribution in [0.2, 0.25) is 0 Å². The van der Waals surface area contributed by atoms with Gasteiger partial charge in [0.05, 0.1) is 6.61 Å². The first-order chi connectivity index (χ1) is 9.13. The monoisotopic (exact) mass is 262 g/mol. The van der Waals surface area contributed by atoms with Crippen molar-refractivity contribution >= 4 is 5.91 Å². The maximum atomic E-state index is 12.3. The fourth-order valence-electron chi connectivity index (χ4n) is 2.55. The summed E-state index contributed by atoms with van der Waals surface area (Å²) in [5.74, 6) is 0.0408. The van der Waals surface area contributed by atoms with E-state index in [0.29, 0.717) is 0 Å². The van der Waals surface area contributed by atoms with Gasteiger partial charge in [-0.2, -0.15) is 0 Å². The number of piperazine rings is 1. The molecule has 1 aromatic rings. The third-order valence-electron chi connectivity index (χ3n) is 3.95. The molecule has 1 aliphatic rings. The van der Waals surface area contributed by atoms with Crippen LogP contribution in [0.1, 0.15) is 12.5 Å². The number of hydrogen-bond donors (Lipinski definition) is 1. The van der Waals surface area contributed by atoms with E-state index in [1.54, 1.807) is 0 Å². The summed E-state index contributed by atoms with van der Waals surface area (Å²) in [6.07, 6.45) is 0.862. The summed E-state index contributed by atoms with van der Waals surface area (Å²) in [6, 6.07) is 10.1. The van der Waals surface area contributed by atoms with Gasteiger partial charge in [0, 0.05) is 19.1 Å². The van der Waals surface area contributed by atoms with Gasteiger partial charge in [-0.1, -0.05) is 30.3 Å². The van der Waals surface area contributed by atoms with Crippen LogP contribution in [-0.4, -0.2) is 59.6 Å². The largest absolute Gasteiger partial charge is 0.394 e. The fraction of sp³-hybridized carbons (Fsp3) is 0.533. The lowest BCUT2D eigenvalue weighted by Gasteiger charge is -2.42. The second-order valence-corrected chi connectivity index (χ2v) is 5.23. The van der Waals surface area contributed by atoms with Crippen LogP contribution in [-0.2, 0) is 11.2 Å². The Labute approximate surface area is 114 Å². The molecule has 4 nitrogen and oxygen atoms in total. The third-order valence-corrected chi connectivity index (χ3v) is 3.95. The van der Waals surface area contributed by atoms with Crippen molar-refractivity contribution < 1.29 is 9.90 Å². The first-order valence-corrected chi connectivity index (χ1v) is 6.79. The van der Waals surface area contributed by atoms with Crippen molar-refractivity contribution in [3.05, 3.63) is 35.9 Å².